The molecule has 0 heterocycles. The number of unbranched alkanes of at least 4 members (excludes halogenated alkanes) is 2. The second kappa shape index (κ2) is 9.25. The average molecular weight is 246 g/mol. The second-order valence-electron chi connectivity index (χ2n) is 2.90. The predicted octanol–water partition coefficient (Wildman–Crippen LogP) is 2.79. The Balaban J connectivity index is 0. The van der Waals surface area contributed by atoms with Gasteiger partial charge in [-0.2, -0.15) is 0 Å². The van der Waals surface area contributed by atoms with Crippen LogP contribution in [-0.4, -0.2) is 17.7 Å². The molecule has 0 rings (SSSR count). The van der Waals surface area contributed by atoms with Crippen molar-refractivity contribution >= 4 is 7.60 Å². The summed E-state index contributed by atoms with van der Waals surface area (Å²) < 4.78 is 16.1. The third kappa shape index (κ3) is 10.6. The molecule has 0 fully saturated rings. The normalized spacial score (nSPS) is 14.7. The van der Waals surface area contributed by atoms with Gasteiger partial charge in [0.1, 0.15) is 0 Å². The van der Waals surface area contributed by atoms with Gasteiger partial charge >= 0.3 is 7.60 Å². The zero-order chi connectivity index (χ0) is 9.45. The monoisotopic (exact) mass is 246 g/mol. The van der Waals surface area contributed by atoms with Crippen LogP contribution in [0.5, 0.6) is 0 Å². The topological polar surface area (TPSA) is 46.5 Å². The minimum Gasteiger partial charge on any atom is -0.324 e. The Kier molecular flexibility index (Phi) is 11.5. The average Bonchev–Trinajstić information content (AvgIpc) is 2.01. The minimum atomic E-state index is -3.24. The van der Waals surface area contributed by atoms with Crippen molar-refractivity contribution in [1.82, 2.24) is 0 Å². The molecule has 0 bridgehead atoms. The number of rotatable bonds is 7. The molecule has 1 atom stereocenters. The number of hydrogen-bond donors (Lipinski definition) is 1. The van der Waals surface area contributed by atoms with E-state index in [1.54, 1.807) is 0 Å². The molecule has 13 heavy (non-hydrogen) atoms. The SMILES string of the molecule is CCCCOP(=O)(O)CCCC.[Cr]. The molecule has 0 aromatic rings. The van der Waals surface area contributed by atoms with Gasteiger partial charge in [-0.25, -0.2) is 0 Å². The Bertz CT molecular complexity index is 152. The first-order chi connectivity index (χ1) is 5.62. The molecule has 0 amide bonds. The van der Waals surface area contributed by atoms with Gasteiger partial charge in [0.25, 0.3) is 0 Å². The van der Waals surface area contributed by atoms with Gasteiger partial charge in [0.05, 0.1) is 6.61 Å². The zero-order valence-electron chi connectivity index (χ0n) is 8.36. The van der Waals surface area contributed by atoms with Crippen molar-refractivity contribution in [2.45, 2.75) is 39.5 Å². The molecule has 0 saturated carbocycles. The third-order valence-corrected chi connectivity index (χ3v) is 3.05. The van der Waals surface area contributed by atoms with Crippen LogP contribution in [0.15, 0.2) is 0 Å². The Morgan fingerprint density at radius 1 is 1.23 bits per heavy atom. The summed E-state index contributed by atoms with van der Waals surface area (Å²) in [5.74, 6) is 0. The molecule has 0 aliphatic carbocycles. The van der Waals surface area contributed by atoms with Crippen LogP contribution in [0.1, 0.15) is 39.5 Å². The van der Waals surface area contributed by atoms with Gasteiger partial charge in [-0.15, -0.1) is 0 Å². The summed E-state index contributed by atoms with van der Waals surface area (Å²) in [6.45, 7) is 4.43. The smallest absolute Gasteiger partial charge is 0.324 e. The molecule has 0 aromatic heterocycles. The maximum absolute atomic E-state index is 11.2. The van der Waals surface area contributed by atoms with Crippen molar-refractivity contribution in [3.8, 4) is 0 Å². The Morgan fingerprint density at radius 2 is 1.77 bits per heavy atom. The van der Waals surface area contributed by atoms with Gasteiger partial charge in [-0.1, -0.05) is 26.7 Å². The molecule has 80 valence electrons. The van der Waals surface area contributed by atoms with Crippen molar-refractivity contribution in [3.05, 3.63) is 0 Å². The third-order valence-electron chi connectivity index (χ3n) is 1.59. The summed E-state index contributed by atoms with van der Waals surface area (Å²) in [7, 11) is -3.24. The minimum absolute atomic E-state index is 0. The fourth-order valence-electron chi connectivity index (χ4n) is 0.774. The van der Waals surface area contributed by atoms with E-state index in [9.17, 15) is 9.46 Å². The van der Waals surface area contributed by atoms with Crippen LogP contribution in [0, 0.1) is 0 Å². The molecule has 0 aliphatic heterocycles. The maximum atomic E-state index is 11.2. The van der Waals surface area contributed by atoms with E-state index in [4.69, 9.17) is 4.52 Å². The zero-order valence-corrected chi connectivity index (χ0v) is 10.5. The van der Waals surface area contributed by atoms with E-state index in [1.807, 2.05) is 13.8 Å². The standard InChI is InChI=1S/C8H19O3P.Cr/c1-3-5-7-11-12(9,10)8-6-4-2;/h3-8H2,1-2H3,(H,9,10);. The molecule has 0 aliphatic rings. The van der Waals surface area contributed by atoms with Crippen LogP contribution in [0.3, 0.4) is 0 Å². The van der Waals surface area contributed by atoms with Crippen LogP contribution in [0.2, 0.25) is 0 Å². The summed E-state index contributed by atoms with van der Waals surface area (Å²) in [6, 6.07) is 0. The largest absolute Gasteiger partial charge is 0.328 e. The summed E-state index contributed by atoms with van der Waals surface area (Å²) in [5, 5.41) is 0. The van der Waals surface area contributed by atoms with E-state index in [0.717, 1.165) is 25.7 Å². The molecule has 3 nitrogen and oxygen atoms in total. The van der Waals surface area contributed by atoms with Crippen LogP contribution < -0.4 is 0 Å². The van der Waals surface area contributed by atoms with E-state index >= 15 is 0 Å². The van der Waals surface area contributed by atoms with Crippen molar-refractivity contribution in [2.24, 2.45) is 0 Å². The summed E-state index contributed by atoms with van der Waals surface area (Å²) in [6.07, 6.45) is 3.85. The first-order valence-corrected chi connectivity index (χ1v) is 6.35. The molecule has 0 spiro atoms. The molecular weight excluding hydrogens is 227 g/mol. The van der Waals surface area contributed by atoms with Crippen molar-refractivity contribution < 1.29 is 31.3 Å². The van der Waals surface area contributed by atoms with E-state index < -0.39 is 7.60 Å². The Hall–Kier alpha value is 0.682. The van der Waals surface area contributed by atoms with Crippen LogP contribution in [0.25, 0.3) is 0 Å². The molecule has 1 N–H and O–H groups in total. The summed E-state index contributed by atoms with van der Waals surface area (Å²) in [5.41, 5.74) is 0. The summed E-state index contributed by atoms with van der Waals surface area (Å²) >= 11 is 0. The van der Waals surface area contributed by atoms with Gasteiger partial charge in [-0.05, 0) is 12.8 Å². The predicted molar refractivity (Wildman–Crippen MR) is 50.5 cm³/mol. The van der Waals surface area contributed by atoms with Crippen molar-refractivity contribution in [1.29, 1.82) is 0 Å². The number of hydrogen-bond acceptors (Lipinski definition) is 2. The van der Waals surface area contributed by atoms with E-state index in [-0.39, 0.29) is 17.4 Å². The second-order valence-corrected chi connectivity index (χ2v) is 4.88. The maximum Gasteiger partial charge on any atom is 0.328 e. The Morgan fingerprint density at radius 3 is 2.23 bits per heavy atom. The molecule has 5 heteroatoms. The molecule has 0 aromatic carbocycles. The molecule has 0 saturated heterocycles. The van der Waals surface area contributed by atoms with E-state index in [1.165, 1.54) is 0 Å². The quantitative estimate of drug-likeness (QED) is 0.555. The van der Waals surface area contributed by atoms with Crippen molar-refractivity contribution in [2.75, 3.05) is 12.8 Å². The van der Waals surface area contributed by atoms with E-state index in [0.29, 0.717) is 12.8 Å². The fourth-order valence-corrected chi connectivity index (χ4v) is 2.03. The van der Waals surface area contributed by atoms with Crippen LogP contribution >= 0.6 is 7.60 Å². The molecular formula is C8H19CrO3P. The van der Waals surface area contributed by atoms with Gasteiger partial charge in [-0.3, -0.25) is 4.57 Å². The summed E-state index contributed by atoms with van der Waals surface area (Å²) in [4.78, 5) is 9.21. The van der Waals surface area contributed by atoms with Crippen molar-refractivity contribution in [3.63, 3.8) is 0 Å². The van der Waals surface area contributed by atoms with E-state index in [2.05, 4.69) is 0 Å². The Labute approximate surface area is 91.5 Å². The van der Waals surface area contributed by atoms with Crippen LogP contribution in [0.4, 0.5) is 0 Å². The molecule has 0 radical (unpaired) electrons. The van der Waals surface area contributed by atoms with Gasteiger partial charge in [0.15, 0.2) is 0 Å². The van der Waals surface area contributed by atoms with Gasteiger partial charge in [0, 0.05) is 23.5 Å². The van der Waals surface area contributed by atoms with Gasteiger partial charge in [0.2, 0.25) is 0 Å². The first kappa shape index (κ1) is 16.1. The first-order valence-electron chi connectivity index (χ1n) is 4.58. The van der Waals surface area contributed by atoms with Gasteiger partial charge < -0.3 is 9.42 Å². The fraction of sp³-hybridized carbons (Fsp3) is 1.00. The molecule has 1 unspecified atom stereocenters. The van der Waals surface area contributed by atoms with Crippen LogP contribution in [-0.2, 0) is 26.4 Å².